The molecule has 3 N–H and O–H groups in total. The SMILES string of the molecule is OC[C@H]1O[C@@H](c2ccc(Cl)c(Cc3ccc(OCc4cc5cc(F)ccc5o4)cc3)c2)C[C@@H](O)[C@@H]1O. The van der Waals surface area contributed by atoms with Crippen LogP contribution in [-0.2, 0) is 17.8 Å². The van der Waals surface area contributed by atoms with E-state index in [0.717, 1.165) is 16.7 Å². The van der Waals surface area contributed by atoms with Gasteiger partial charge in [-0.05, 0) is 65.6 Å². The van der Waals surface area contributed by atoms with Crippen LogP contribution in [0.1, 0.15) is 35.0 Å². The Hall–Kier alpha value is -2.94. The molecule has 0 bridgehead atoms. The molecule has 0 aliphatic carbocycles. The van der Waals surface area contributed by atoms with E-state index < -0.39 is 24.4 Å². The predicted octanol–water partition coefficient (Wildman–Crippen LogP) is 4.94. The molecule has 1 aliphatic heterocycles. The average Bonchev–Trinajstić information content (AvgIpc) is 3.28. The van der Waals surface area contributed by atoms with Crippen molar-refractivity contribution in [2.45, 2.75) is 43.9 Å². The van der Waals surface area contributed by atoms with Gasteiger partial charge in [-0.1, -0.05) is 35.9 Å². The molecule has 0 spiro atoms. The molecule has 5 rings (SSSR count). The van der Waals surface area contributed by atoms with Crippen LogP contribution in [-0.4, -0.2) is 40.2 Å². The second-order valence-corrected chi connectivity index (χ2v) is 9.40. The lowest BCUT2D eigenvalue weighted by Crippen LogP contribution is -2.47. The van der Waals surface area contributed by atoms with Crippen molar-refractivity contribution in [1.82, 2.24) is 0 Å². The van der Waals surface area contributed by atoms with Crippen LogP contribution in [0.25, 0.3) is 11.0 Å². The number of ether oxygens (including phenoxy) is 2. The number of halogens is 2. The predicted molar refractivity (Wildman–Crippen MR) is 133 cm³/mol. The van der Waals surface area contributed by atoms with Gasteiger partial charge >= 0.3 is 0 Å². The largest absolute Gasteiger partial charge is 0.486 e. The minimum atomic E-state index is -1.12. The van der Waals surface area contributed by atoms with Crippen molar-refractivity contribution < 1.29 is 33.6 Å². The number of aliphatic hydroxyl groups excluding tert-OH is 3. The summed E-state index contributed by atoms with van der Waals surface area (Å²) in [5.74, 6) is 0.965. The number of hydrogen-bond acceptors (Lipinski definition) is 6. The third-order valence-corrected chi connectivity index (χ3v) is 6.79. The first-order valence-electron chi connectivity index (χ1n) is 11.7. The Morgan fingerprint density at radius 1 is 1.00 bits per heavy atom. The summed E-state index contributed by atoms with van der Waals surface area (Å²) in [6, 6.07) is 19.3. The molecular weight excluding hydrogens is 487 g/mol. The molecule has 188 valence electrons. The zero-order valence-electron chi connectivity index (χ0n) is 19.3. The van der Waals surface area contributed by atoms with E-state index in [4.69, 9.17) is 25.5 Å². The number of furan rings is 1. The first kappa shape index (κ1) is 24.7. The van der Waals surface area contributed by atoms with Crippen molar-refractivity contribution in [3.05, 3.63) is 100 Å². The Morgan fingerprint density at radius 3 is 2.58 bits per heavy atom. The van der Waals surface area contributed by atoms with Crippen molar-refractivity contribution in [2.24, 2.45) is 0 Å². The van der Waals surface area contributed by atoms with Gasteiger partial charge in [0.1, 0.15) is 41.7 Å². The average molecular weight is 513 g/mol. The van der Waals surface area contributed by atoms with Gasteiger partial charge in [-0.15, -0.1) is 0 Å². The molecule has 4 aromatic rings. The zero-order chi connectivity index (χ0) is 25.2. The highest BCUT2D eigenvalue weighted by molar-refractivity contribution is 6.31. The van der Waals surface area contributed by atoms with E-state index in [9.17, 15) is 19.7 Å². The summed E-state index contributed by atoms with van der Waals surface area (Å²) in [5, 5.41) is 30.9. The van der Waals surface area contributed by atoms with Crippen molar-refractivity contribution in [3.63, 3.8) is 0 Å². The van der Waals surface area contributed by atoms with E-state index in [0.29, 0.717) is 33.9 Å². The van der Waals surface area contributed by atoms with E-state index in [1.165, 1.54) is 12.1 Å². The maximum atomic E-state index is 13.4. The summed E-state index contributed by atoms with van der Waals surface area (Å²) in [6.07, 6.45) is -2.59. The lowest BCUT2D eigenvalue weighted by atomic mass is 9.92. The van der Waals surface area contributed by atoms with Crippen LogP contribution in [0.2, 0.25) is 5.02 Å². The van der Waals surface area contributed by atoms with Gasteiger partial charge in [0, 0.05) is 16.8 Å². The van der Waals surface area contributed by atoms with Gasteiger partial charge in [0.2, 0.25) is 0 Å². The van der Waals surface area contributed by atoms with Crippen molar-refractivity contribution in [3.8, 4) is 5.75 Å². The van der Waals surface area contributed by atoms with Crippen LogP contribution in [0.15, 0.2) is 71.1 Å². The maximum absolute atomic E-state index is 13.4. The normalized spacial score (nSPS) is 22.1. The van der Waals surface area contributed by atoms with Crippen LogP contribution >= 0.6 is 11.6 Å². The quantitative estimate of drug-likeness (QED) is 0.325. The summed E-state index contributed by atoms with van der Waals surface area (Å²) in [4.78, 5) is 0. The van der Waals surface area contributed by atoms with E-state index in [1.807, 2.05) is 36.4 Å². The Balaban J connectivity index is 1.24. The molecule has 6 nitrogen and oxygen atoms in total. The minimum Gasteiger partial charge on any atom is -0.486 e. The summed E-state index contributed by atoms with van der Waals surface area (Å²) in [7, 11) is 0. The molecule has 0 unspecified atom stereocenters. The Labute approximate surface area is 212 Å². The van der Waals surface area contributed by atoms with E-state index >= 15 is 0 Å². The number of hydrogen-bond donors (Lipinski definition) is 3. The van der Waals surface area contributed by atoms with Crippen molar-refractivity contribution >= 4 is 22.6 Å². The fourth-order valence-electron chi connectivity index (χ4n) is 4.47. The number of fused-ring (bicyclic) bond motifs is 1. The highest BCUT2D eigenvalue weighted by atomic mass is 35.5. The van der Waals surface area contributed by atoms with Crippen LogP contribution < -0.4 is 4.74 Å². The van der Waals surface area contributed by atoms with E-state index in [1.54, 1.807) is 18.2 Å². The summed E-state index contributed by atoms with van der Waals surface area (Å²) in [6.45, 7) is -0.154. The van der Waals surface area contributed by atoms with Crippen LogP contribution in [0.3, 0.4) is 0 Å². The number of rotatable bonds is 7. The number of aliphatic hydroxyl groups is 3. The molecule has 0 saturated carbocycles. The number of benzene rings is 3. The Morgan fingerprint density at radius 2 is 1.81 bits per heavy atom. The van der Waals surface area contributed by atoms with Gasteiger partial charge in [0.15, 0.2) is 0 Å². The molecule has 3 aromatic carbocycles. The summed E-state index contributed by atoms with van der Waals surface area (Å²) < 4.78 is 30.7. The topological polar surface area (TPSA) is 92.3 Å². The second-order valence-electron chi connectivity index (χ2n) is 8.99. The smallest absolute Gasteiger partial charge is 0.146 e. The van der Waals surface area contributed by atoms with E-state index in [2.05, 4.69) is 0 Å². The van der Waals surface area contributed by atoms with Gasteiger partial charge in [0.05, 0.1) is 18.8 Å². The Kier molecular flexibility index (Phi) is 7.27. The molecule has 1 saturated heterocycles. The third-order valence-electron chi connectivity index (χ3n) is 6.42. The van der Waals surface area contributed by atoms with Crippen LogP contribution in [0.4, 0.5) is 4.39 Å². The first-order chi connectivity index (χ1) is 17.4. The standard InChI is InChI=1S/C28H26ClFO6/c29-23-7-3-17(26-13-24(32)28(33)27(14-31)36-26)10-18(23)9-16-1-5-21(6-2-16)34-15-22-12-19-11-20(30)4-8-25(19)35-22/h1-8,10-12,24,26-28,31-33H,9,13-15H2/t24-,26-,27-,28+/m1/s1. The van der Waals surface area contributed by atoms with Crippen LogP contribution in [0.5, 0.6) is 5.75 Å². The second kappa shape index (κ2) is 10.6. The van der Waals surface area contributed by atoms with Gasteiger partial charge < -0.3 is 29.2 Å². The monoisotopic (exact) mass is 512 g/mol. The van der Waals surface area contributed by atoms with E-state index in [-0.39, 0.29) is 25.5 Å². The third kappa shape index (κ3) is 5.40. The Bertz CT molecular complexity index is 1340. The minimum absolute atomic E-state index is 0.223. The van der Waals surface area contributed by atoms with Gasteiger partial charge in [-0.25, -0.2) is 4.39 Å². The van der Waals surface area contributed by atoms with Gasteiger partial charge in [-0.3, -0.25) is 0 Å². The fraction of sp³-hybridized carbons (Fsp3) is 0.286. The molecule has 1 fully saturated rings. The molecule has 2 heterocycles. The molecule has 8 heteroatoms. The fourth-order valence-corrected chi connectivity index (χ4v) is 4.65. The van der Waals surface area contributed by atoms with Crippen molar-refractivity contribution in [1.29, 1.82) is 0 Å². The molecular formula is C28H26ClFO6. The van der Waals surface area contributed by atoms with Crippen molar-refractivity contribution in [2.75, 3.05) is 6.61 Å². The summed E-state index contributed by atoms with van der Waals surface area (Å²) >= 11 is 6.46. The maximum Gasteiger partial charge on any atom is 0.146 e. The highest BCUT2D eigenvalue weighted by Gasteiger charge is 2.37. The van der Waals surface area contributed by atoms with Gasteiger partial charge in [0.25, 0.3) is 0 Å². The molecule has 4 atom stereocenters. The molecule has 0 radical (unpaired) electrons. The van der Waals surface area contributed by atoms with Crippen LogP contribution in [0, 0.1) is 5.82 Å². The lowest BCUT2D eigenvalue weighted by Gasteiger charge is -2.36. The first-order valence-corrected chi connectivity index (χ1v) is 12.1. The summed E-state index contributed by atoms with van der Waals surface area (Å²) in [5.41, 5.74) is 3.35. The molecule has 1 aromatic heterocycles. The highest BCUT2D eigenvalue weighted by Crippen LogP contribution is 2.34. The molecule has 1 aliphatic rings. The zero-order valence-corrected chi connectivity index (χ0v) is 20.1. The molecule has 0 amide bonds. The molecule has 36 heavy (non-hydrogen) atoms. The van der Waals surface area contributed by atoms with Gasteiger partial charge in [-0.2, -0.15) is 0 Å². The lowest BCUT2D eigenvalue weighted by molar-refractivity contribution is -0.181.